The van der Waals surface area contributed by atoms with E-state index in [0.717, 1.165) is 0 Å². The smallest absolute Gasteiger partial charge is 0.261 e. The molecule has 0 amide bonds. The summed E-state index contributed by atoms with van der Waals surface area (Å²) in [6.07, 6.45) is 0. The summed E-state index contributed by atoms with van der Waals surface area (Å²) in [5.74, 6) is 0. The van der Waals surface area contributed by atoms with Crippen LogP contribution in [0.3, 0.4) is 0 Å². The van der Waals surface area contributed by atoms with E-state index in [4.69, 9.17) is 5.26 Å². The van der Waals surface area contributed by atoms with Gasteiger partial charge < -0.3 is 0 Å². The van der Waals surface area contributed by atoms with E-state index in [1.54, 1.807) is 23.8 Å². The molecular weight excluding hydrogens is 268 g/mol. The van der Waals surface area contributed by atoms with Crippen LogP contribution in [0, 0.1) is 18.3 Å². The summed E-state index contributed by atoms with van der Waals surface area (Å²) in [4.78, 5) is 0.158. The fourth-order valence-electron chi connectivity index (χ4n) is 1.47. The van der Waals surface area contributed by atoms with Crippen molar-refractivity contribution < 1.29 is 8.42 Å². The van der Waals surface area contributed by atoms with E-state index < -0.39 is 10.0 Å². The van der Waals surface area contributed by atoms with Crippen molar-refractivity contribution in [2.75, 3.05) is 4.72 Å². The average molecular weight is 278 g/mol. The molecule has 6 heteroatoms. The van der Waals surface area contributed by atoms with Gasteiger partial charge in [0.15, 0.2) is 0 Å². The zero-order valence-corrected chi connectivity index (χ0v) is 11.2. The number of aryl methyl sites for hydroxylation is 1. The average Bonchev–Trinajstić information content (AvgIpc) is 2.81. The van der Waals surface area contributed by atoms with E-state index in [1.807, 2.05) is 6.07 Å². The van der Waals surface area contributed by atoms with Gasteiger partial charge in [-0.15, -0.1) is 0 Å². The number of nitrogens with one attached hydrogen (secondary N) is 1. The van der Waals surface area contributed by atoms with Crippen LogP contribution in [0.4, 0.5) is 5.69 Å². The van der Waals surface area contributed by atoms with Crippen LogP contribution in [0.5, 0.6) is 0 Å². The Kier molecular flexibility index (Phi) is 3.36. The van der Waals surface area contributed by atoms with Gasteiger partial charge in [-0.05, 0) is 42.1 Å². The largest absolute Gasteiger partial charge is 0.279 e. The number of nitriles is 1. The highest BCUT2D eigenvalue weighted by Gasteiger charge is 2.15. The SMILES string of the molecule is Cc1cc(S(=O)(=O)Nc2ccsc2)ccc1C#N. The first-order valence-electron chi connectivity index (χ1n) is 5.09. The van der Waals surface area contributed by atoms with Gasteiger partial charge in [-0.2, -0.15) is 16.6 Å². The van der Waals surface area contributed by atoms with Crippen LogP contribution in [-0.2, 0) is 10.0 Å². The molecule has 0 unspecified atom stereocenters. The van der Waals surface area contributed by atoms with Gasteiger partial charge in [0.2, 0.25) is 0 Å². The van der Waals surface area contributed by atoms with Crippen LogP contribution in [0.2, 0.25) is 0 Å². The van der Waals surface area contributed by atoms with Gasteiger partial charge in [0.25, 0.3) is 10.0 Å². The van der Waals surface area contributed by atoms with Crippen molar-refractivity contribution in [1.82, 2.24) is 0 Å². The molecule has 0 spiro atoms. The number of rotatable bonds is 3. The Balaban J connectivity index is 2.36. The van der Waals surface area contributed by atoms with Crippen LogP contribution < -0.4 is 4.72 Å². The van der Waals surface area contributed by atoms with Crippen LogP contribution in [0.15, 0.2) is 39.9 Å². The lowest BCUT2D eigenvalue weighted by Gasteiger charge is -2.07. The highest BCUT2D eigenvalue weighted by atomic mass is 32.2. The lowest BCUT2D eigenvalue weighted by Crippen LogP contribution is -2.12. The van der Waals surface area contributed by atoms with Gasteiger partial charge in [0.05, 0.1) is 22.2 Å². The fraction of sp³-hybridized carbons (Fsp3) is 0.0833. The molecule has 0 atom stereocenters. The quantitative estimate of drug-likeness (QED) is 0.938. The molecule has 2 rings (SSSR count). The van der Waals surface area contributed by atoms with Gasteiger partial charge in [-0.3, -0.25) is 4.72 Å². The van der Waals surface area contributed by atoms with E-state index >= 15 is 0 Å². The summed E-state index contributed by atoms with van der Waals surface area (Å²) < 4.78 is 26.6. The van der Waals surface area contributed by atoms with Crippen LogP contribution >= 0.6 is 11.3 Å². The molecule has 92 valence electrons. The van der Waals surface area contributed by atoms with E-state index in [9.17, 15) is 8.42 Å². The zero-order valence-electron chi connectivity index (χ0n) is 9.54. The number of hydrogen-bond acceptors (Lipinski definition) is 4. The molecule has 0 radical (unpaired) electrons. The van der Waals surface area contributed by atoms with E-state index in [1.165, 1.54) is 29.5 Å². The van der Waals surface area contributed by atoms with Gasteiger partial charge in [-0.25, -0.2) is 8.42 Å². The minimum Gasteiger partial charge on any atom is -0.279 e. The van der Waals surface area contributed by atoms with Crippen molar-refractivity contribution in [1.29, 1.82) is 5.26 Å². The van der Waals surface area contributed by atoms with E-state index in [-0.39, 0.29) is 4.90 Å². The maximum atomic E-state index is 12.1. The van der Waals surface area contributed by atoms with Crippen molar-refractivity contribution in [3.8, 4) is 6.07 Å². The summed E-state index contributed by atoms with van der Waals surface area (Å²) in [6.45, 7) is 1.71. The molecular formula is C12H10N2O2S2. The molecule has 1 heterocycles. The summed E-state index contributed by atoms with van der Waals surface area (Å²) in [7, 11) is -3.58. The van der Waals surface area contributed by atoms with Gasteiger partial charge in [0, 0.05) is 5.38 Å². The highest BCUT2D eigenvalue weighted by molar-refractivity contribution is 7.92. The first kappa shape index (κ1) is 12.6. The molecule has 1 N–H and O–H groups in total. The Morgan fingerprint density at radius 1 is 1.33 bits per heavy atom. The topological polar surface area (TPSA) is 70.0 Å². The predicted molar refractivity (Wildman–Crippen MR) is 71.0 cm³/mol. The monoisotopic (exact) mass is 278 g/mol. The molecule has 0 aliphatic carbocycles. The third-order valence-corrected chi connectivity index (χ3v) is 4.46. The fourth-order valence-corrected chi connectivity index (χ4v) is 3.26. The first-order chi connectivity index (χ1) is 8.53. The highest BCUT2D eigenvalue weighted by Crippen LogP contribution is 2.20. The molecule has 0 bridgehead atoms. The first-order valence-corrected chi connectivity index (χ1v) is 7.51. The van der Waals surface area contributed by atoms with Crippen molar-refractivity contribution in [2.24, 2.45) is 0 Å². The lowest BCUT2D eigenvalue weighted by molar-refractivity contribution is 0.601. The maximum Gasteiger partial charge on any atom is 0.261 e. The second kappa shape index (κ2) is 4.80. The van der Waals surface area contributed by atoms with Gasteiger partial charge in [-0.1, -0.05) is 0 Å². The van der Waals surface area contributed by atoms with Crippen molar-refractivity contribution in [3.05, 3.63) is 46.2 Å². The Hall–Kier alpha value is -1.84. The van der Waals surface area contributed by atoms with Crippen molar-refractivity contribution in [2.45, 2.75) is 11.8 Å². The maximum absolute atomic E-state index is 12.1. The van der Waals surface area contributed by atoms with Crippen molar-refractivity contribution in [3.63, 3.8) is 0 Å². The molecule has 0 saturated heterocycles. The zero-order chi connectivity index (χ0) is 13.2. The summed E-state index contributed by atoms with van der Waals surface area (Å²) in [6, 6.07) is 8.13. The van der Waals surface area contributed by atoms with E-state index in [0.29, 0.717) is 16.8 Å². The molecule has 0 aliphatic heterocycles. The molecule has 1 aromatic heterocycles. The molecule has 0 fully saturated rings. The Bertz CT molecular complexity index is 698. The number of hydrogen-bond donors (Lipinski definition) is 1. The number of thiophene rings is 1. The minimum absolute atomic E-state index is 0.158. The van der Waals surface area contributed by atoms with Crippen molar-refractivity contribution >= 4 is 27.0 Å². The normalized spacial score (nSPS) is 10.9. The number of sulfonamides is 1. The second-order valence-corrected chi connectivity index (χ2v) is 6.17. The summed E-state index contributed by atoms with van der Waals surface area (Å²) in [5.41, 5.74) is 1.66. The van der Waals surface area contributed by atoms with Crippen LogP contribution in [-0.4, -0.2) is 8.42 Å². The minimum atomic E-state index is -3.58. The Labute approximate surface area is 110 Å². The molecule has 0 aliphatic rings. The number of nitrogens with zero attached hydrogens (tertiary/aromatic N) is 1. The van der Waals surface area contributed by atoms with E-state index in [2.05, 4.69) is 4.72 Å². The third-order valence-electron chi connectivity index (χ3n) is 2.40. The van der Waals surface area contributed by atoms with Crippen LogP contribution in [0.25, 0.3) is 0 Å². The molecule has 0 saturated carbocycles. The predicted octanol–water partition coefficient (Wildman–Crippen LogP) is 2.73. The molecule has 18 heavy (non-hydrogen) atoms. The summed E-state index contributed by atoms with van der Waals surface area (Å²) in [5, 5.41) is 12.3. The van der Waals surface area contributed by atoms with Gasteiger partial charge in [0.1, 0.15) is 0 Å². The Morgan fingerprint density at radius 2 is 2.11 bits per heavy atom. The summed E-state index contributed by atoms with van der Waals surface area (Å²) >= 11 is 1.41. The third kappa shape index (κ3) is 2.53. The Morgan fingerprint density at radius 3 is 2.67 bits per heavy atom. The molecule has 2 aromatic rings. The lowest BCUT2D eigenvalue weighted by atomic mass is 10.1. The van der Waals surface area contributed by atoms with Gasteiger partial charge >= 0.3 is 0 Å². The number of anilines is 1. The molecule has 1 aromatic carbocycles. The van der Waals surface area contributed by atoms with Crippen LogP contribution in [0.1, 0.15) is 11.1 Å². The standard InChI is InChI=1S/C12H10N2O2S2/c1-9-6-12(3-2-10(9)7-13)18(15,16)14-11-4-5-17-8-11/h2-6,8,14H,1H3. The molecule has 4 nitrogen and oxygen atoms in total. The number of benzene rings is 1. The second-order valence-electron chi connectivity index (χ2n) is 3.71.